The molecule has 112 valence electrons. The van der Waals surface area contributed by atoms with E-state index in [1.165, 1.54) is 0 Å². The maximum absolute atomic E-state index is 13.4. The zero-order chi connectivity index (χ0) is 13.7. The van der Waals surface area contributed by atoms with E-state index in [1.807, 2.05) is 11.8 Å². The van der Waals surface area contributed by atoms with Gasteiger partial charge >= 0.3 is 0 Å². The van der Waals surface area contributed by atoms with Crippen molar-refractivity contribution >= 4 is 47.4 Å². The van der Waals surface area contributed by atoms with Crippen molar-refractivity contribution in [2.75, 3.05) is 23.4 Å². The Morgan fingerprint density at radius 2 is 2.05 bits per heavy atom. The molecule has 0 atom stereocenters. The summed E-state index contributed by atoms with van der Waals surface area (Å²) < 4.78 is 26.4. The van der Waals surface area contributed by atoms with Crippen LogP contribution in [0.4, 0.5) is 14.5 Å². The second-order valence-corrected chi connectivity index (χ2v) is 5.76. The molecule has 1 aliphatic heterocycles. The molecule has 0 aromatic heterocycles. The second-order valence-electron chi connectivity index (χ2n) is 4.53. The lowest BCUT2D eigenvalue weighted by Gasteiger charge is -2.19. The van der Waals surface area contributed by atoms with E-state index < -0.39 is 11.6 Å². The smallest absolute Gasteiger partial charge is 0.193 e. The lowest BCUT2D eigenvalue weighted by molar-refractivity contribution is 0.503. The number of halogens is 3. The molecule has 1 aliphatic rings. The first-order valence-electron chi connectivity index (χ1n) is 6.25. The number of nitrogens with zero attached hydrogens (tertiary/aromatic N) is 1. The van der Waals surface area contributed by atoms with E-state index in [-0.39, 0.29) is 35.6 Å². The van der Waals surface area contributed by atoms with Gasteiger partial charge in [-0.05, 0) is 42.4 Å². The number of nitrogens with two attached hydrogens (primary N) is 1. The van der Waals surface area contributed by atoms with Gasteiger partial charge in [-0.25, -0.2) is 8.78 Å². The first kappa shape index (κ1) is 17.5. The molecule has 0 amide bonds. The van der Waals surface area contributed by atoms with Crippen LogP contribution in [-0.2, 0) is 0 Å². The molecule has 7 heteroatoms. The van der Waals surface area contributed by atoms with Crippen LogP contribution in [0.5, 0.6) is 0 Å². The predicted octanol–water partition coefficient (Wildman–Crippen LogP) is 3.45. The summed E-state index contributed by atoms with van der Waals surface area (Å²) in [5.41, 5.74) is 5.70. The molecule has 0 spiro atoms. The second kappa shape index (κ2) is 8.66. The molecule has 1 saturated heterocycles. The maximum atomic E-state index is 13.4. The van der Waals surface area contributed by atoms with Gasteiger partial charge in [-0.1, -0.05) is 0 Å². The number of rotatable bonds is 3. The topological polar surface area (TPSA) is 50.4 Å². The van der Waals surface area contributed by atoms with Gasteiger partial charge in [-0.15, -0.1) is 24.0 Å². The van der Waals surface area contributed by atoms with Crippen LogP contribution in [0.25, 0.3) is 0 Å². The highest BCUT2D eigenvalue weighted by Gasteiger charge is 2.13. The summed E-state index contributed by atoms with van der Waals surface area (Å²) in [5.74, 6) is 1.93. The van der Waals surface area contributed by atoms with Crippen molar-refractivity contribution < 1.29 is 8.78 Å². The summed E-state index contributed by atoms with van der Waals surface area (Å²) in [6, 6.07) is 3.19. The standard InChI is InChI=1S/C13H17F2N3S.HI/c14-10-1-2-11(15)12(7-10)18-13(16)17-8-9-3-5-19-6-4-9;/h1-2,7,9H,3-6,8H2,(H3,16,17,18);1H. The summed E-state index contributed by atoms with van der Waals surface area (Å²) >= 11 is 1.95. The van der Waals surface area contributed by atoms with Crippen molar-refractivity contribution in [3.05, 3.63) is 29.8 Å². The van der Waals surface area contributed by atoms with Crippen LogP contribution < -0.4 is 11.1 Å². The van der Waals surface area contributed by atoms with Gasteiger partial charge in [0.25, 0.3) is 0 Å². The summed E-state index contributed by atoms with van der Waals surface area (Å²) in [6.07, 6.45) is 2.27. The molecule has 3 nitrogen and oxygen atoms in total. The molecule has 3 N–H and O–H groups in total. The highest BCUT2D eigenvalue weighted by Crippen LogP contribution is 2.22. The fraction of sp³-hybridized carbons (Fsp3) is 0.462. The lowest BCUT2D eigenvalue weighted by atomic mass is 10.0. The number of benzene rings is 1. The average molecular weight is 413 g/mol. The Morgan fingerprint density at radius 1 is 1.35 bits per heavy atom. The molecule has 1 aromatic rings. The van der Waals surface area contributed by atoms with Gasteiger partial charge in [-0.2, -0.15) is 11.8 Å². The Balaban J connectivity index is 0.00000200. The van der Waals surface area contributed by atoms with Gasteiger partial charge in [0.1, 0.15) is 11.6 Å². The third-order valence-corrected chi connectivity index (χ3v) is 4.10. The fourth-order valence-electron chi connectivity index (χ4n) is 1.93. The Hall–Kier alpha value is -0.570. The van der Waals surface area contributed by atoms with Crippen LogP contribution >= 0.6 is 35.7 Å². The largest absolute Gasteiger partial charge is 0.370 e. The van der Waals surface area contributed by atoms with E-state index in [1.54, 1.807) is 0 Å². The zero-order valence-corrected chi connectivity index (χ0v) is 14.1. The Kier molecular flexibility index (Phi) is 7.57. The molecule has 0 saturated carbocycles. The molecule has 0 aliphatic carbocycles. The van der Waals surface area contributed by atoms with Gasteiger partial charge in [0.2, 0.25) is 0 Å². The number of hydrogen-bond donors (Lipinski definition) is 2. The van der Waals surface area contributed by atoms with E-state index in [4.69, 9.17) is 5.73 Å². The third-order valence-electron chi connectivity index (χ3n) is 3.05. The van der Waals surface area contributed by atoms with Gasteiger partial charge in [0.15, 0.2) is 5.96 Å². The van der Waals surface area contributed by atoms with Crippen LogP contribution in [0.2, 0.25) is 0 Å². The fourth-order valence-corrected chi connectivity index (χ4v) is 3.13. The van der Waals surface area contributed by atoms with E-state index in [0.717, 1.165) is 42.5 Å². The number of aliphatic imine (C=N–C) groups is 1. The van der Waals surface area contributed by atoms with Crippen molar-refractivity contribution in [2.24, 2.45) is 16.6 Å². The molecule has 1 aromatic carbocycles. The van der Waals surface area contributed by atoms with Crippen LogP contribution in [-0.4, -0.2) is 24.0 Å². The Bertz CT molecular complexity index is 465. The highest BCUT2D eigenvalue weighted by molar-refractivity contribution is 14.0. The maximum Gasteiger partial charge on any atom is 0.193 e. The van der Waals surface area contributed by atoms with E-state index in [2.05, 4.69) is 10.3 Å². The van der Waals surface area contributed by atoms with E-state index >= 15 is 0 Å². The summed E-state index contributed by atoms with van der Waals surface area (Å²) in [5, 5.41) is 2.60. The van der Waals surface area contributed by atoms with Crippen LogP contribution in [0.3, 0.4) is 0 Å². The highest BCUT2D eigenvalue weighted by atomic mass is 127. The molecule has 0 radical (unpaired) electrons. The monoisotopic (exact) mass is 413 g/mol. The van der Waals surface area contributed by atoms with Crippen LogP contribution in [0, 0.1) is 17.6 Å². The molecule has 20 heavy (non-hydrogen) atoms. The Labute approximate surface area is 138 Å². The first-order valence-corrected chi connectivity index (χ1v) is 7.40. The minimum atomic E-state index is -0.548. The summed E-state index contributed by atoms with van der Waals surface area (Å²) in [7, 11) is 0. The molecular weight excluding hydrogens is 395 g/mol. The number of thioether (sulfide) groups is 1. The minimum absolute atomic E-state index is 0. The number of guanidine groups is 1. The number of anilines is 1. The van der Waals surface area contributed by atoms with Gasteiger partial charge in [-0.3, -0.25) is 4.99 Å². The zero-order valence-electron chi connectivity index (χ0n) is 10.9. The Morgan fingerprint density at radius 3 is 2.75 bits per heavy atom. The van der Waals surface area contributed by atoms with Crippen molar-refractivity contribution in [2.45, 2.75) is 12.8 Å². The predicted molar refractivity (Wildman–Crippen MR) is 91.9 cm³/mol. The minimum Gasteiger partial charge on any atom is -0.370 e. The summed E-state index contributed by atoms with van der Waals surface area (Å²) in [4.78, 5) is 4.20. The van der Waals surface area contributed by atoms with Crippen molar-refractivity contribution in [1.82, 2.24) is 0 Å². The third kappa shape index (κ3) is 5.43. The quantitative estimate of drug-likeness (QED) is 0.454. The molecule has 0 unspecified atom stereocenters. The van der Waals surface area contributed by atoms with Crippen molar-refractivity contribution in [3.63, 3.8) is 0 Å². The molecular formula is C13H18F2IN3S. The van der Waals surface area contributed by atoms with Gasteiger partial charge in [0, 0.05) is 12.6 Å². The number of nitrogens with one attached hydrogen (secondary N) is 1. The van der Waals surface area contributed by atoms with Crippen LogP contribution in [0.1, 0.15) is 12.8 Å². The van der Waals surface area contributed by atoms with Crippen molar-refractivity contribution in [3.8, 4) is 0 Å². The van der Waals surface area contributed by atoms with Gasteiger partial charge in [0.05, 0.1) is 5.69 Å². The average Bonchev–Trinajstić information content (AvgIpc) is 2.42. The molecule has 0 bridgehead atoms. The van der Waals surface area contributed by atoms with Gasteiger partial charge < -0.3 is 11.1 Å². The normalized spacial score (nSPS) is 16.6. The molecule has 1 fully saturated rings. The van der Waals surface area contributed by atoms with E-state index in [0.29, 0.717) is 12.5 Å². The van der Waals surface area contributed by atoms with E-state index in [9.17, 15) is 8.78 Å². The molecule has 1 heterocycles. The van der Waals surface area contributed by atoms with Crippen molar-refractivity contribution in [1.29, 1.82) is 0 Å². The first-order chi connectivity index (χ1) is 9.15. The SMILES string of the molecule is I.NC(=NCC1CCSCC1)Nc1cc(F)ccc1F. The van der Waals surface area contributed by atoms with Crippen LogP contribution in [0.15, 0.2) is 23.2 Å². The summed E-state index contributed by atoms with van der Waals surface area (Å²) in [6.45, 7) is 0.635. The lowest BCUT2D eigenvalue weighted by Crippen LogP contribution is -2.25. The number of hydrogen-bond acceptors (Lipinski definition) is 2. The molecule has 2 rings (SSSR count).